The maximum absolute atomic E-state index is 12.4. The molecule has 118 valence electrons. The van der Waals surface area contributed by atoms with Gasteiger partial charge in [0.1, 0.15) is 6.54 Å². The number of nitrogens with zero attached hydrogens (tertiary/aromatic N) is 4. The summed E-state index contributed by atoms with van der Waals surface area (Å²) in [4.78, 5) is 23.7. The number of aromatic nitrogens is 4. The van der Waals surface area contributed by atoms with E-state index in [0.717, 1.165) is 10.9 Å². The summed E-state index contributed by atoms with van der Waals surface area (Å²) < 4.78 is 2.93. The third-order valence-corrected chi connectivity index (χ3v) is 3.41. The molecule has 0 saturated carbocycles. The number of hydrogen-bond donors (Lipinski definition) is 2. The molecule has 0 aliphatic heterocycles. The average molecular weight is 312 g/mol. The van der Waals surface area contributed by atoms with Gasteiger partial charge in [-0.1, -0.05) is 12.1 Å². The van der Waals surface area contributed by atoms with Gasteiger partial charge in [0.15, 0.2) is 5.82 Å². The highest BCUT2D eigenvalue weighted by Gasteiger charge is 2.12. The first-order chi connectivity index (χ1) is 11.1. The van der Waals surface area contributed by atoms with Crippen LogP contribution in [0.25, 0.3) is 10.9 Å². The van der Waals surface area contributed by atoms with E-state index in [9.17, 15) is 9.59 Å². The quantitative estimate of drug-likeness (QED) is 0.710. The lowest BCUT2D eigenvalue weighted by Gasteiger charge is -2.04. The SMILES string of the molecule is CCC(=O)Nc1cn(CC(=O)n2ccc3cc(N)ccc32)nn1. The monoisotopic (exact) mass is 312 g/mol. The first-order valence-corrected chi connectivity index (χ1v) is 7.16. The van der Waals surface area contributed by atoms with E-state index in [1.807, 2.05) is 12.1 Å². The highest BCUT2D eigenvalue weighted by molar-refractivity contribution is 5.93. The zero-order valence-corrected chi connectivity index (χ0v) is 12.6. The molecule has 2 heterocycles. The van der Waals surface area contributed by atoms with Crippen LogP contribution >= 0.6 is 0 Å². The maximum atomic E-state index is 12.4. The molecule has 0 radical (unpaired) electrons. The summed E-state index contributed by atoms with van der Waals surface area (Å²) in [7, 11) is 0. The van der Waals surface area contributed by atoms with E-state index in [4.69, 9.17) is 5.73 Å². The molecular weight excluding hydrogens is 296 g/mol. The number of benzene rings is 1. The van der Waals surface area contributed by atoms with Gasteiger partial charge in [0, 0.05) is 23.7 Å². The Balaban J connectivity index is 1.77. The van der Waals surface area contributed by atoms with Crippen molar-refractivity contribution in [3.8, 4) is 0 Å². The van der Waals surface area contributed by atoms with Gasteiger partial charge in [-0.25, -0.2) is 4.68 Å². The van der Waals surface area contributed by atoms with Gasteiger partial charge in [0.05, 0.1) is 11.7 Å². The normalized spacial score (nSPS) is 10.8. The molecule has 3 aromatic rings. The molecule has 8 nitrogen and oxygen atoms in total. The number of nitrogens with two attached hydrogens (primary N) is 1. The van der Waals surface area contributed by atoms with E-state index in [0.29, 0.717) is 17.9 Å². The molecular formula is C15H16N6O2. The summed E-state index contributed by atoms with van der Waals surface area (Å²) in [6, 6.07) is 7.20. The van der Waals surface area contributed by atoms with Gasteiger partial charge in [0.2, 0.25) is 5.91 Å². The number of rotatable bonds is 4. The Hall–Kier alpha value is -3.16. The molecule has 0 unspecified atom stereocenters. The number of carbonyl (C=O) groups is 2. The Morgan fingerprint density at radius 3 is 2.91 bits per heavy atom. The Morgan fingerprint density at radius 2 is 2.13 bits per heavy atom. The van der Waals surface area contributed by atoms with Gasteiger partial charge in [-0.3, -0.25) is 14.2 Å². The van der Waals surface area contributed by atoms with Crippen molar-refractivity contribution >= 4 is 34.2 Å². The Morgan fingerprint density at radius 1 is 1.30 bits per heavy atom. The van der Waals surface area contributed by atoms with E-state index < -0.39 is 0 Å². The van der Waals surface area contributed by atoms with E-state index >= 15 is 0 Å². The standard InChI is InChI=1S/C15H16N6O2/c1-2-14(22)17-13-8-20(19-18-13)9-15(23)21-6-5-10-7-11(16)3-4-12(10)21/h3-8H,2,9,16H2,1H3,(H,17,22). The van der Waals surface area contributed by atoms with Crippen LogP contribution in [0.4, 0.5) is 11.5 Å². The lowest BCUT2D eigenvalue weighted by atomic mass is 10.2. The van der Waals surface area contributed by atoms with E-state index in [2.05, 4.69) is 15.6 Å². The molecule has 0 aliphatic carbocycles. The van der Waals surface area contributed by atoms with Crippen molar-refractivity contribution in [1.29, 1.82) is 0 Å². The number of nitrogens with one attached hydrogen (secondary N) is 1. The number of nitrogen functional groups attached to an aromatic ring is 1. The fourth-order valence-corrected chi connectivity index (χ4v) is 2.26. The minimum atomic E-state index is -0.164. The maximum Gasteiger partial charge on any atom is 0.252 e. The Kier molecular flexibility index (Phi) is 3.80. The minimum absolute atomic E-state index is 0.0170. The fraction of sp³-hybridized carbons (Fsp3) is 0.200. The molecule has 8 heteroatoms. The van der Waals surface area contributed by atoms with Crippen molar-refractivity contribution in [2.75, 3.05) is 11.1 Å². The summed E-state index contributed by atoms with van der Waals surface area (Å²) >= 11 is 0. The van der Waals surface area contributed by atoms with Gasteiger partial charge in [0.25, 0.3) is 5.91 Å². The minimum Gasteiger partial charge on any atom is -0.399 e. The van der Waals surface area contributed by atoms with E-state index in [-0.39, 0.29) is 18.4 Å². The van der Waals surface area contributed by atoms with Crippen LogP contribution in [0.15, 0.2) is 36.7 Å². The van der Waals surface area contributed by atoms with Crippen molar-refractivity contribution in [2.24, 2.45) is 0 Å². The molecule has 23 heavy (non-hydrogen) atoms. The topological polar surface area (TPSA) is 108 Å². The number of amides is 1. The predicted octanol–water partition coefficient (Wildman–Crippen LogP) is 1.50. The van der Waals surface area contributed by atoms with Gasteiger partial charge in [-0.2, -0.15) is 0 Å². The van der Waals surface area contributed by atoms with E-state index in [1.165, 1.54) is 10.9 Å². The molecule has 1 aromatic carbocycles. The molecule has 0 aliphatic rings. The van der Waals surface area contributed by atoms with Crippen LogP contribution in [0, 0.1) is 0 Å². The first kappa shape index (κ1) is 14.8. The third-order valence-electron chi connectivity index (χ3n) is 3.41. The molecule has 0 bridgehead atoms. The van der Waals surface area contributed by atoms with Gasteiger partial charge >= 0.3 is 0 Å². The van der Waals surface area contributed by atoms with Gasteiger partial charge < -0.3 is 11.1 Å². The molecule has 0 atom stereocenters. The van der Waals surface area contributed by atoms with Crippen molar-refractivity contribution in [1.82, 2.24) is 19.6 Å². The number of hydrogen-bond acceptors (Lipinski definition) is 5. The fourth-order valence-electron chi connectivity index (χ4n) is 2.26. The molecule has 3 rings (SSSR count). The summed E-state index contributed by atoms with van der Waals surface area (Å²) in [6.45, 7) is 1.76. The first-order valence-electron chi connectivity index (χ1n) is 7.16. The van der Waals surface area contributed by atoms with Crippen molar-refractivity contribution in [3.63, 3.8) is 0 Å². The Bertz CT molecular complexity index is 879. The lowest BCUT2D eigenvalue weighted by molar-refractivity contribution is -0.115. The largest absolute Gasteiger partial charge is 0.399 e. The third kappa shape index (κ3) is 3.05. The molecule has 0 saturated heterocycles. The molecule has 0 spiro atoms. The summed E-state index contributed by atoms with van der Waals surface area (Å²) in [6.07, 6.45) is 3.57. The lowest BCUT2D eigenvalue weighted by Crippen LogP contribution is -2.17. The Labute approximate surface area is 131 Å². The summed E-state index contributed by atoms with van der Waals surface area (Å²) in [5.74, 6) is 0.00944. The van der Waals surface area contributed by atoms with Gasteiger partial charge in [-0.05, 0) is 24.3 Å². The van der Waals surface area contributed by atoms with Crippen LogP contribution in [0.5, 0.6) is 0 Å². The van der Waals surface area contributed by atoms with E-state index in [1.54, 1.807) is 29.8 Å². The highest BCUT2D eigenvalue weighted by atomic mass is 16.2. The van der Waals surface area contributed by atoms with Gasteiger partial charge in [-0.15, -0.1) is 5.10 Å². The molecule has 2 aromatic heterocycles. The van der Waals surface area contributed by atoms with Crippen molar-refractivity contribution in [2.45, 2.75) is 19.9 Å². The van der Waals surface area contributed by atoms with Crippen LogP contribution < -0.4 is 11.1 Å². The molecule has 3 N–H and O–H groups in total. The summed E-state index contributed by atoms with van der Waals surface area (Å²) in [5.41, 5.74) is 7.17. The van der Waals surface area contributed by atoms with Crippen LogP contribution in [-0.4, -0.2) is 31.4 Å². The highest BCUT2D eigenvalue weighted by Crippen LogP contribution is 2.18. The summed E-state index contributed by atoms with van der Waals surface area (Å²) in [5, 5.41) is 11.1. The van der Waals surface area contributed by atoms with Crippen LogP contribution in [0.3, 0.4) is 0 Å². The molecule has 0 fully saturated rings. The number of fused-ring (bicyclic) bond motifs is 1. The zero-order chi connectivity index (χ0) is 16.4. The second-order valence-electron chi connectivity index (χ2n) is 5.10. The van der Waals surface area contributed by atoms with Crippen molar-refractivity contribution in [3.05, 3.63) is 36.7 Å². The number of anilines is 2. The second-order valence-corrected chi connectivity index (χ2v) is 5.10. The zero-order valence-electron chi connectivity index (χ0n) is 12.6. The molecule has 1 amide bonds. The smallest absolute Gasteiger partial charge is 0.252 e. The van der Waals surface area contributed by atoms with Crippen molar-refractivity contribution < 1.29 is 9.59 Å². The van der Waals surface area contributed by atoms with Crippen LogP contribution in [-0.2, 0) is 11.3 Å². The number of carbonyl (C=O) groups excluding carboxylic acids is 2. The predicted molar refractivity (Wildman–Crippen MR) is 85.9 cm³/mol. The average Bonchev–Trinajstić information content (AvgIpc) is 3.13. The van der Waals surface area contributed by atoms with Crippen LogP contribution in [0.1, 0.15) is 18.1 Å². The second kappa shape index (κ2) is 5.91. The van der Waals surface area contributed by atoms with Crippen LogP contribution in [0.2, 0.25) is 0 Å².